The Morgan fingerprint density at radius 3 is 2.61 bits per heavy atom. The van der Waals surface area contributed by atoms with E-state index in [1.807, 2.05) is 49.9 Å². The summed E-state index contributed by atoms with van der Waals surface area (Å²) < 4.78 is 5.74. The molecule has 1 saturated heterocycles. The minimum Gasteiger partial charge on any atom is -0.488 e. The molecular weight excluding hydrogens is 463 g/mol. The Kier molecular flexibility index (Phi) is 9.00. The summed E-state index contributed by atoms with van der Waals surface area (Å²) >= 11 is 12.4. The molecule has 2 heterocycles. The number of benzene rings is 1. The molecule has 33 heavy (non-hydrogen) atoms. The summed E-state index contributed by atoms with van der Waals surface area (Å²) in [5.41, 5.74) is 0.911. The van der Waals surface area contributed by atoms with Gasteiger partial charge in [0.2, 0.25) is 11.9 Å². The average molecular weight is 495 g/mol. The highest BCUT2D eigenvalue weighted by atomic mass is 35.5. The summed E-state index contributed by atoms with van der Waals surface area (Å²) in [4.78, 5) is 27.7. The molecule has 0 aliphatic carbocycles. The maximum absolute atomic E-state index is 12.4. The van der Waals surface area contributed by atoms with Crippen molar-refractivity contribution in [1.29, 1.82) is 0 Å². The zero-order valence-corrected chi connectivity index (χ0v) is 21.2. The molecule has 0 saturated carbocycles. The fourth-order valence-electron chi connectivity index (χ4n) is 3.65. The van der Waals surface area contributed by atoms with Crippen LogP contribution in [0.25, 0.3) is 0 Å². The summed E-state index contributed by atoms with van der Waals surface area (Å²) in [6.45, 7) is 7.85. The van der Waals surface area contributed by atoms with E-state index in [9.17, 15) is 4.79 Å². The summed E-state index contributed by atoms with van der Waals surface area (Å²) in [7, 11) is 3.95. The van der Waals surface area contributed by atoms with E-state index < -0.39 is 0 Å². The standard InChI is InChI=1S/C23H32Cl2N6O2/c1-5-33-20-15-26-23(31-12-10-30(11-13-31)21(32)8-9-29(3)4)28-22(20)27-16(2)18-7-6-17(24)14-19(18)25/h6-7,14-16H,5,8-13H2,1-4H3,(H,26,27,28)/t16-/m1/s1. The average Bonchev–Trinajstić information content (AvgIpc) is 2.78. The number of anilines is 2. The highest BCUT2D eigenvalue weighted by Gasteiger charge is 2.24. The van der Waals surface area contributed by atoms with Crippen molar-refractivity contribution in [1.82, 2.24) is 19.8 Å². The van der Waals surface area contributed by atoms with Gasteiger partial charge in [-0.15, -0.1) is 0 Å². The van der Waals surface area contributed by atoms with Crippen LogP contribution in [0.15, 0.2) is 24.4 Å². The zero-order valence-electron chi connectivity index (χ0n) is 19.6. The lowest BCUT2D eigenvalue weighted by atomic mass is 10.1. The molecular formula is C23H32Cl2N6O2. The van der Waals surface area contributed by atoms with E-state index in [0.717, 1.165) is 12.1 Å². The van der Waals surface area contributed by atoms with E-state index in [1.54, 1.807) is 12.3 Å². The van der Waals surface area contributed by atoms with E-state index in [4.69, 9.17) is 32.9 Å². The molecule has 10 heteroatoms. The van der Waals surface area contributed by atoms with Crippen molar-refractivity contribution in [3.05, 3.63) is 40.0 Å². The van der Waals surface area contributed by atoms with Gasteiger partial charge in [-0.1, -0.05) is 29.3 Å². The number of nitrogens with one attached hydrogen (secondary N) is 1. The number of aromatic nitrogens is 2. The number of piperazine rings is 1. The Morgan fingerprint density at radius 2 is 1.97 bits per heavy atom. The van der Waals surface area contributed by atoms with E-state index in [1.165, 1.54) is 0 Å². The minimum atomic E-state index is -0.122. The fourth-order valence-corrected chi connectivity index (χ4v) is 4.22. The van der Waals surface area contributed by atoms with E-state index in [2.05, 4.69) is 15.2 Å². The maximum Gasteiger partial charge on any atom is 0.227 e. The van der Waals surface area contributed by atoms with Gasteiger partial charge in [-0.05, 0) is 45.6 Å². The molecule has 0 unspecified atom stereocenters. The molecule has 0 radical (unpaired) electrons. The van der Waals surface area contributed by atoms with E-state index in [-0.39, 0.29) is 11.9 Å². The first-order valence-corrected chi connectivity index (χ1v) is 11.9. The Morgan fingerprint density at radius 1 is 1.24 bits per heavy atom. The lowest BCUT2D eigenvalue weighted by Gasteiger charge is -2.35. The topological polar surface area (TPSA) is 73.8 Å². The molecule has 1 amide bonds. The normalized spacial score (nSPS) is 15.0. The van der Waals surface area contributed by atoms with Crippen LogP contribution < -0.4 is 15.0 Å². The van der Waals surface area contributed by atoms with Crippen molar-refractivity contribution in [2.45, 2.75) is 26.3 Å². The van der Waals surface area contributed by atoms with Gasteiger partial charge in [-0.3, -0.25) is 4.79 Å². The van der Waals surface area contributed by atoms with Gasteiger partial charge in [0.1, 0.15) is 0 Å². The Bertz CT molecular complexity index is 951. The number of rotatable bonds is 9. The van der Waals surface area contributed by atoms with Crippen molar-refractivity contribution in [2.75, 3.05) is 63.6 Å². The molecule has 1 atom stereocenters. The van der Waals surface area contributed by atoms with Gasteiger partial charge in [0.25, 0.3) is 0 Å². The van der Waals surface area contributed by atoms with Crippen LogP contribution in [-0.4, -0.2) is 79.1 Å². The fraction of sp³-hybridized carbons (Fsp3) is 0.522. The van der Waals surface area contributed by atoms with Crippen LogP contribution in [-0.2, 0) is 4.79 Å². The number of amides is 1. The Balaban J connectivity index is 1.70. The van der Waals surface area contributed by atoms with Gasteiger partial charge in [0, 0.05) is 49.2 Å². The summed E-state index contributed by atoms with van der Waals surface area (Å²) in [5.74, 6) is 1.98. The first-order valence-electron chi connectivity index (χ1n) is 11.2. The van der Waals surface area contributed by atoms with Crippen LogP contribution in [0.4, 0.5) is 11.8 Å². The van der Waals surface area contributed by atoms with Crippen LogP contribution in [0.2, 0.25) is 10.0 Å². The number of hydrogen-bond acceptors (Lipinski definition) is 7. The molecule has 1 aromatic carbocycles. The van der Waals surface area contributed by atoms with Crippen molar-refractivity contribution >= 4 is 40.9 Å². The molecule has 180 valence electrons. The van der Waals surface area contributed by atoms with Crippen LogP contribution in [0.5, 0.6) is 5.75 Å². The molecule has 1 aliphatic rings. The molecule has 0 bridgehead atoms. The Labute approximate surface area is 205 Å². The molecule has 0 spiro atoms. The third-order valence-corrected chi connectivity index (χ3v) is 6.08. The lowest BCUT2D eigenvalue weighted by Crippen LogP contribution is -2.49. The summed E-state index contributed by atoms with van der Waals surface area (Å²) in [6, 6.07) is 5.32. The molecule has 2 aromatic rings. The van der Waals surface area contributed by atoms with E-state index in [0.29, 0.717) is 66.8 Å². The Hall–Kier alpha value is -2.29. The van der Waals surface area contributed by atoms with Crippen molar-refractivity contribution in [2.24, 2.45) is 0 Å². The summed E-state index contributed by atoms with van der Waals surface area (Å²) in [5, 5.41) is 4.59. The third-order valence-electron chi connectivity index (χ3n) is 5.51. The number of ether oxygens (including phenoxy) is 1. The molecule has 1 N–H and O–H groups in total. The number of nitrogens with zero attached hydrogens (tertiary/aromatic N) is 5. The van der Waals surface area contributed by atoms with Crippen LogP contribution >= 0.6 is 23.2 Å². The maximum atomic E-state index is 12.4. The largest absolute Gasteiger partial charge is 0.488 e. The quantitative estimate of drug-likeness (QED) is 0.565. The third kappa shape index (κ3) is 6.85. The zero-order chi connectivity index (χ0) is 24.0. The first kappa shape index (κ1) is 25.3. The SMILES string of the molecule is CCOc1cnc(N2CCN(C(=O)CCN(C)C)CC2)nc1N[C@H](C)c1ccc(Cl)cc1Cl. The van der Waals surface area contributed by atoms with Gasteiger partial charge >= 0.3 is 0 Å². The van der Waals surface area contributed by atoms with Crippen molar-refractivity contribution in [3.63, 3.8) is 0 Å². The second-order valence-electron chi connectivity index (χ2n) is 8.27. The molecule has 1 fully saturated rings. The predicted molar refractivity (Wildman–Crippen MR) is 134 cm³/mol. The number of carbonyl (C=O) groups excluding carboxylic acids is 1. The molecule has 3 rings (SSSR count). The second-order valence-corrected chi connectivity index (χ2v) is 9.11. The van der Waals surface area contributed by atoms with E-state index >= 15 is 0 Å². The van der Waals surface area contributed by atoms with Crippen molar-refractivity contribution in [3.8, 4) is 5.75 Å². The number of halogens is 2. The lowest BCUT2D eigenvalue weighted by molar-refractivity contribution is -0.131. The van der Waals surface area contributed by atoms with Gasteiger partial charge in [-0.2, -0.15) is 4.98 Å². The highest BCUT2D eigenvalue weighted by Crippen LogP contribution is 2.32. The molecule has 1 aromatic heterocycles. The van der Waals surface area contributed by atoms with Crippen LogP contribution in [0, 0.1) is 0 Å². The van der Waals surface area contributed by atoms with Gasteiger partial charge in [0.05, 0.1) is 18.8 Å². The monoisotopic (exact) mass is 494 g/mol. The van der Waals surface area contributed by atoms with Crippen molar-refractivity contribution < 1.29 is 9.53 Å². The van der Waals surface area contributed by atoms with Gasteiger partial charge in [0.15, 0.2) is 11.6 Å². The second kappa shape index (κ2) is 11.7. The predicted octanol–water partition coefficient (Wildman–Crippen LogP) is 3.96. The first-order chi connectivity index (χ1) is 15.8. The minimum absolute atomic E-state index is 0.122. The van der Waals surface area contributed by atoms with Crippen LogP contribution in [0.3, 0.4) is 0 Å². The smallest absolute Gasteiger partial charge is 0.227 e. The summed E-state index contributed by atoms with van der Waals surface area (Å²) in [6.07, 6.45) is 2.23. The van der Waals surface area contributed by atoms with Gasteiger partial charge < -0.3 is 24.8 Å². The van der Waals surface area contributed by atoms with Gasteiger partial charge in [-0.25, -0.2) is 4.98 Å². The molecule has 1 aliphatic heterocycles. The highest BCUT2D eigenvalue weighted by molar-refractivity contribution is 6.35. The number of hydrogen-bond donors (Lipinski definition) is 1. The number of carbonyl (C=O) groups is 1. The molecule has 8 nitrogen and oxygen atoms in total. The van der Waals surface area contributed by atoms with Crippen LogP contribution in [0.1, 0.15) is 31.9 Å².